The molecule has 0 aromatic carbocycles. The quantitative estimate of drug-likeness (QED) is 0.719. The summed E-state index contributed by atoms with van der Waals surface area (Å²) in [5, 5.41) is 7.34. The third-order valence-corrected chi connectivity index (χ3v) is 3.56. The molecule has 0 amide bonds. The molecule has 1 saturated heterocycles. The molecule has 2 rings (SSSR count). The Kier molecular flexibility index (Phi) is 5.60. The van der Waals surface area contributed by atoms with Crippen molar-refractivity contribution in [3.63, 3.8) is 0 Å². The van der Waals surface area contributed by atoms with Crippen LogP contribution in [0.5, 0.6) is 0 Å². The second-order valence-electron chi connectivity index (χ2n) is 5.07. The summed E-state index contributed by atoms with van der Waals surface area (Å²) in [4.78, 5) is 6.80. The predicted octanol–water partition coefficient (Wildman–Crippen LogP) is 0.949. The molecular formula is C13H25N5O. The van der Waals surface area contributed by atoms with Gasteiger partial charge in [0, 0.05) is 32.7 Å². The Balaban J connectivity index is 1.82. The standard InChI is InChI=1S/C13H25N5O/c1-2-19-8-4-6-12-15-13(17-16-12)18-7-3-5-11(9-14)10-18/h11H,2-10,14H2,1H3,(H,15,16,17). The van der Waals surface area contributed by atoms with E-state index in [9.17, 15) is 0 Å². The van der Waals surface area contributed by atoms with Gasteiger partial charge in [-0.25, -0.2) is 0 Å². The molecule has 0 spiro atoms. The van der Waals surface area contributed by atoms with Crippen molar-refractivity contribution < 1.29 is 4.74 Å². The molecule has 2 heterocycles. The summed E-state index contributed by atoms with van der Waals surface area (Å²) < 4.78 is 5.32. The van der Waals surface area contributed by atoms with E-state index in [1.165, 1.54) is 12.8 Å². The van der Waals surface area contributed by atoms with E-state index in [0.717, 1.165) is 57.5 Å². The predicted molar refractivity (Wildman–Crippen MR) is 75.2 cm³/mol. The molecule has 1 fully saturated rings. The van der Waals surface area contributed by atoms with Crippen LogP contribution in [0.15, 0.2) is 0 Å². The summed E-state index contributed by atoms with van der Waals surface area (Å²) in [6.45, 7) is 6.33. The van der Waals surface area contributed by atoms with Crippen LogP contribution in [0.25, 0.3) is 0 Å². The van der Waals surface area contributed by atoms with Crippen molar-refractivity contribution in [2.24, 2.45) is 11.7 Å². The number of nitrogens with zero attached hydrogens (tertiary/aromatic N) is 3. The van der Waals surface area contributed by atoms with Crippen LogP contribution in [0.4, 0.5) is 5.95 Å². The van der Waals surface area contributed by atoms with Crippen LogP contribution in [0, 0.1) is 5.92 Å². The Bertz CT molecular complexity index is 368. The fourth-order valence-electron chi connectivity index (χ4n) is 2.46. The molecular weight excluding hydrogens is 242 g/mol. The van der Waals surface area contributed by atoms with E-state index >= 15 is 0 Å². The first kappa shape index (κ1) is 14.3. The van der Waals surface area contributed by atoms with Crippen LogP contribution in [0.3, 0.4) is 0 Å². The van der Waals surface area contributed by atoms with Crippen LogP contribution in [0.2, 0.25) is 0 Å². The van der Waals surface area contributed by atoms with Crippen molar-refractivity contribution in [3.8, 4) is 0 Å². The molecule has 3 N–H and O–H groups in total. The number of nitrogens with two attached hydrogens (primary N) is 1. The number of aryl methyl sites for hydroxylation is 1. The summed E-state index contributed by atoms with van der Waals surface area (Å²) in [6.07, 6.45) is 4.27. The fraction of sp³-hybridized carbons (Fsp3) is 0.846. The molecule has 19 heavy (non-hydrogen) atoms. The van der Waals surface area contributed by atoms with Crippen LogP contribution >= 0.6 is 0 Å². The number of nitrogens with one attached hydrogen (secondary N) is 1. The molecule has 6 nitrogen and oxygen atoms in total. The first-order valence-corrected chi connectivity index (χ1v) is 7.27. The third-order valence-electron chi connectivity index (χ3n) is 3.56. The van der Waals surface area contributed by atoms with Gasteiger partial charge in [-0.1, -0.05) is 0 Å². The van der Waals surface area contributed by atoms with Gasteiger partial charge in [0.05, 0.1) is 0 Å². The highest BCUT2D eigenvalue weighted by Crippen LogP contribution is 2.19. The van der Waals surface area contributed by atoms with Crippen LogP contribution < -0.4 is 10.6 Å². The first-order chi connectivity index (χ1) is 9.33. The van der Waals surface area contributed by atoms with Crippen molar-refractivity contribution in [2.75, 3.05) is 37.7 Å². The van der Waals surface area contributed by atoms with E-state index in [1.807, 2.05) is 6.92 Å². The second-order valence-corrected chi connectivity index (χ2v) is 5.07. The zero-order valence-electron chi connectivity index (χ0n) is 11.8. The molecule has 1 atom stereocenters. The van der Waals surface area contributed by atoms with Gasteiger partial charge in [0.2, 0.25) is 5.95 Å². The van der Waals surface area contributed by atoms with E-state index in [1.54, 1.807) is 0 Å². The topological polar surface area (TPSA) is 80.1 Å². The van der Waals surface area contributed by atoms with Gasteiger partial charge in [-0.2, -0.15) is 4.98 Å². The number of ether oxygens (including phenoxy) is 1. The summed E-state index contributed by atoms with van der Waals surface area (Å²) in [5.74, 6) is 2.35. The van der Waals surface area contributed by atoms with Gasteiger partial charge < -0.3 is 15.4 Å². The molecule has 0 radical (unpaired) electrons. The van der Waals surface area contributed by atoms with Gasteiger partial charge >= 0.3 is 0 Å². The van der Waals surface area contributed by atoms with Crippen LogP contribution in [-0.2, 0) is 11.2 Å². The maximum Gasteiger partial charge on any atom is 0.244 e. The molecule has 1 aliphatic rings. The average molecular weight is 267 g/mol. The van der Waals surface area contributed by atoms with Crippen LogP contribution in [-0.4, -0.2) is 48.0 Å². The number of hydrogen-bond acceptors (Lipinski definition) is 5. The van der Waals surface area contributed by atoms with E-state index < -0.39 is 0 Å². The normalized spacial score (nSPS) is 19.9. The lowest BCUT2D eigenvalue weighted by Crippen LogP contribution is -2.39. The highest BCUT2D eigenvalue weighted by atomic mass is 16.5. The number of H-pyrrole nitrogens is 1. The number of rotatable bonds is 7. The molecule has 1 unspecified atom stereocenters. The van der Waals surface area contributed by atoms with Gasteiger partial charge in [0.15, 0.2) is 0 Å². The van der Waals surface area contributed by atoms with Gasteiger partial charge in [-0.3, -0.25) is 5.10 Å². The summed E-state index contributed by atoms with van der Waals surface area (Å²) >= 11 is 0. The smallest absolute Gasteiger partial charge is 0.244 e. The lowest BCUT2D eigenvalue weighted by molar-refractivity contribution is 0.145. The zero-order chi connectivity index (χ0) is 13.5. The molecule has 0 saturated carbocycles. The average Bonchev–Trinajstić information content (AvgIpc) is 2.92. The first-order valence-electron chi connectivity index (χ1n) is 7.27. The highest BCUT2D eigenvalue weighted by Gasteiger charge is 2.21. The van der Waals surface area contributed by atoms with E-state index in [-0.39, 0.29) is 0 Å². The summed E-state index contributed by atoms with van der Waals surface area (Å²) in [6, 6.07) is 0. The highest BCUT2D eigenvalue weighted by molar-refractivity contribution is 5.29. The maximum atomic E-state index is 5.75. The molecule has 1 aromatic rings. The number of aromatic nitrogens is 3. The Labute approximate surface area is 114 Å². The minimum atomic E-state index is 0.577. The minimum absolute atomic E-state index is 0.577. The SMILES string of the molecule is CCOCCCc1nc(N2CCCC(CN)C2)n[nH]1. The van der Waals surface area contributed by atoms with Crippen molar-refractivity contribution in [3.05, 3.63) is 5.82 Å². The summed E-state index contributed by atoms with van der Waals surface area (Å²) in [5.41, 5.74) is 5.75. The van der Waals surface area contributed by atoms with Gasteiger partial charge in [0.1, 0.15) is 5.82 Å². The number of hydrogen-bond donors (Lipinski definition) is 2. The molecule has 108 valence electrons. The Morgan fingerprint density at radius 3 is 3.21 bits per heavy atom. The van der Waals surface area contributed by atoms with E-state index in [4.69, 9.17) is 10.5 Å². The van der Waals surface area contributed by atoms with Crippen molar-refractivity contribution >= 4 is 5.95 Å². The minimum Gasteiger partial charge on any atom is -0.382 e. The summed E-state index contributed by atoms with van der Waals surface area (Å²) in [7, 11) is 0. The largest absolute Gasteiger partial charge is 0.382 e. The lowest BCUT2D eigenvalue weighted by Gasteiger charge is -2.31. The van der Waals surface area contributed by atoms with Crippen molar-refractivity contribution in [1.82, 2.24) is 15.2 Å². The van der Waals surface area contributed by atoms with Gasteiger partial charge in [-0.15, -0.1) is 5.10 Å². The van der Waals surface area contributed by atoms with E-state index in [0.29, 0.717) is 5.92 Å². The van der Waals surface area contributed by atoms with E-state index in [2.05, 4.69) is 20.1 Å². The van der Waals surface area contributed by atoms with Gasteiger partial charge in [0.25, 0.3) is 0 Å². The molecule has 6 heteroatoms. The van der Waals surface area contributed by atoms with Crippen LogP contribution in [0.1, 0.15) is 32.0 Å². The molecule has 0 bridgehead atoms. The third kappa shape index (κ3) is 4.18. The monoisotopic (exact) mass is 267 g/mol. The number of aromatic amines is 1. The maximum absolute atomic E-state index is 5.75. The van der Waals surface area contributed by atoms with Crippen molar-refractivity contribution in [1.29, 1.82) is 0 Å². The number of piperidine rings is 1. The Hall–Kier alpha value is -1.14. The Morgan fingerprint density at radius 2 is 2.42 bits per heavy atom. The second kappa shape index (κ2) is 7.45. The Morgan fingerprint density at radius 1 is 1.53 bits per heavy atom. The molecule has 1 aliphatic heterocycles. The lowest BCUT2D eigenvalue weighted by atomic mass is 9.99. The van der Waals surface area contributed by atoms with Gasteiger partial charge in [-0.05, 0) is 38.6 Å². The van der Waals surface area contributed by atoms with Crippen molar-refractivity contribution in [2.45, 2.75) is 32.6 Å². The molecule has 0 aliphatic carbocycles. The zero-order valence-corrected chi connectivity index (χ0v) is 11.8. The fourth-order valence-corrected chi connectivity index (χ4v) is 2.46. The molecule has 1 aromatic heterocycles. The number of anilines is 1.